The van der Waals surface area contributed by atoms with Crippen LogP contribution in [0.15, 0.2) is 0 Å². The second kappa shape index (κ2) is 7.96. The van der Waals surface area contributed by atoms with Crippen LogP contribution in [0.4, 0.5) is 0 Å². The summed E-state index contributed by atoms with van der Waals surface area (Å²) in [6, 6.07) is 0. The minimum atomic E-state index is 0.0670. The molecule has 0 aliphatic carbocycles. The average Bonchev–Trinajstić information content (AvgIpc) is 2.39. The maximum Gasteiger partial charge on any atom is 0.236 e. The first-order valence-electron chi connectivity index (χ1n) is 7.76. The minimum absolute atomic E-state index is 0.0670. The second-order valence-corrected chi connectivity index (χ2v) is 6.76. The van der Waals surface area contributed by atoms with Gasteiger partial charge in [-0.05, 0) is 32.0 Å². The van der Waals surface area contributed by atoms with Crippen LogP contribution in [0.3, 0.4) is 0 Å². The van der Waals surface area contributed by atoms with E-state index in [-0.39, 0.29) is 11.3 Å². The summed E-state index contributed by atoms with van der Waals surface area (Å²) in [6.07, 6.45) is 1.07. The topological polar surface area (TPSA) is 52.8 Å². The molecule has 1 amide bonds. The zero-order chi connectivity index (χ0) is 15.2. The Bertz CT molecular complexity index is 298. The van der Waals surface area contributed by atoms with Gasteiger partial charge in [-0.1, -0.05) is 20.8 Å². The highest BCUT2D eigenvalue weighted by molar-refractivity contribution is 5.78. The molecule has 118 valence electrons. The summed E-state index contributed by atoms with van der Waals surface area (Å²) in [5.74, 6) is 0.263. The molecule has 0 spiro atoms. The number of hydrogen-bond donors (Lipinski definition) is 1. The van der Waals surface area contributed by atoms with Gasteiger partial charge >= 0.3 is 0 Å². The van der Waals surface area contributed by atoms with Gasteiger partial charge in [-0.25, -0.2) is 0 Å². The van der Waals surface area contributed by atoms with Crippen molar-refractivity contribution in [2.24, 2.45) is 11.1 Å². The van der Waals surface area contributed by atoms with Gasteiger partial charge in [0, 0.05) is 32.7 Å². The van der Waals surface area contributed by atoms with Crippen LogP contribution in [0, 0.1) is 5.41 Å². The third kappa shape index (κ3) is 5.77. The Morgan fingerprint density at radius 2 is 1.85 bits per heavy atom. The van der Waals surface area contributed by atoms with Crippen molar-refractivity contribution in [2.75, 3.05) is 59.4 Å². The highest BCUT2D eigenvalue weighted by Gasteiger charge is 2.24. The first-order chi connectivity index (χ1) is 9.38. The minimum Gasteiger partial charge on any atom is -0.339 e. The van der Waals surface area contributed by atoms with E-state index in [4.69, 9.17) is 5.73 Å². The zero-order valence-electron chi connectivity index (χ0n) is 13.7. The Balaban J connectivity index is 2.50. The van der Waals surface area contributed by atoms with Crippen molar-refractivity contribution in [3.63, 3.8) is 0 Å². The second-order valence-electron chi connectivity index (χ2n) is 6.76. The lowest BCUT2D eigenvalue weighted by atomic mass is 9.93. The van der Waals surface area contributed by atoms with Crippen LogP contribution in [0.5, 0.6) is 0 Å². The van der Waals surface area contributed by atoms with Crippen LogP contribution < -0.4 is 5.73 Å². The predicted octanol–water partition coefficient (Wildman–Crippen LogP) is 0.457. The standard InChI is InChI=1S/C15H32N4O/c1-5-6-18(13-15(2,3)12-16)11-14(20)19-9-7-17(4)8-10-19/h5-13,16H2,1-4H3. The van der Waals surface area contributed by atoms with Gasteiger partial charge in [0.1, 0.15) is 0 Å². The predicted molar refractivity (Wildman–Crippen MR) is 83.6 cm³/mol. The highest BCUT2D eigenvalue weighted by Crippen LogP contribution is 2.15. The molecule has 0 aromatic rings. The molecule has 1 heterocycles. The SMILES string of the molecule is CCCN(CC(=O)N1CCN(C)CC1)CC(C)(C)CN. The monoisotopic (exact) mass is 284 g/mol. The fourth-order valence-corrected chi connectivity index (χ4v) is 2.55. The first-order valence-corrected chi connectivity index (χ1v) is 7.76. The van der Waals surface area contributed by atoms with Crippen molar-refractivity contribution in [1.82, 2.24) is 14.7 Å². The van der Waals surface area contributed by atoms with Gasteiger partial charge in [-0.3, -0.25) is 9.69 Å². The van der Waals surface area contributed by atoms with Crippen LogP contribution in [-0.4, -0.2) is 80.0 Å². The summed E-state index contributed by atoms with van der Waals surface area (Å²) in [6.45, 7) is 13.2. The van der Waals surface area contributed by atoms with Crippen LogP contribution in [0.1, 0.15) is 27.2 Å². The molecule has 1 rings (SSSR count). The van der Waals surface area contributed by atoms with Gasteiger partial charge in [0.15, 0.2) is 0 Å². The molecule has 1 fully saturated rings. The number of piperazine rings is 1. The molecule has 0 aromatic carbocycles. The highest BCUT2D eigenvalue weighted by atomic mass is 16.2. The number of amides is 1. The number of likely N-dealkylation sites (N-methyl/N-ethyl adjacent to an activating group) is 1. The number of carbonyl (C=O) groups excluding carboxylic acids is 1. The molecule has 2 N–H and O–H groups in total. The lowest BCUT2D eigenvalue weighted by Crippen LogP contribution is -2.51. The normalized spacial score (nSPS) is 17.8. The van der Waals surface area contributed by atoms with Crippen molar-refractivity contribution < 1.29 is 4.79 Å². The van der Waals surface area contributed by atoms with E-state index in [1.807, 2.05) is 4.90 Å². The fraction of sp³-hybridized carbons (Fsp3) is 0.933. The van der Waals surface area contributed by atoms with E-state index in [1.54, 1.807) is 0 Å². The maximum absolute atomic E-state index is 12.4. The first kappa shape index (κ1) is 17.4. The van der Waals surface area contributed by atoms with Crippen molar-refractivity contribution >= 4 is 5.91 Å². The Kier molecular flexibility index (Phi) is 6.92. The molecule has 0 unspecified atom stereocenters. The van der Waals surface area contributed by atoms with Crippen LogP contribution in [-0.2, 0) is 4.79 Å². The van der Waals surface area contributed by atoms with E-state index in [9.17, 15) is 4.79 Å². The van der Waals surface area contributed by atoms with Gasteiger partial charge in [0.2, 0.25) is 5.91 Å². The number of rotatable bonds is 7. The van der Waals surface area contributed by atoms with E-state index >= 15 is 0 Å². The van der Waals surface area contributed by atoms with Crippen LogP contribution >= 0.6 is 0 Å². The van der Waals surface area contributed by atoms with Gasteiger partial charge in [0.25, 0.3) is 0 Å². The number of nitrogens with zero attached hydrogens (tertiary/aromatic N) is 3. The van der Waals surface area contributed by atoms with Gasteiger partial charge < -0.3 is 15.5 Å². The summed E-state index contributed by atoms with van der Waals surface area (Å²) in [4.78, 5) is 18.9. The third-order valence-electron chi connectivity index (χ3n) is 3.96. The van der Waals surface area contributed by atoms with E-state index in [1.165, 1.54) is 0 Å². The lowest BCUT2D eigenvalue weighted by molar-refractivity contribution is -0.134. The molecule has 1 saturated heterocycles. The van der Waals surface area contributed by atoms with E-state index in [0.29, 0.717) is 13.1 Å². The fourth-order valence-electron chi connectivity index (χ4n) is 2.55. The summed E-state index contributed by atoms with van der Waals surface area (Å²) in [5, 5.41) is 0. The van der Waals surface area contributed by atoms with Gasteiger partial charge in [0.05, 0.1) is 6.54 Å². The van der Waals surface area contributed by atoms with Gasteiger partial charge in [-0.15, -0.1) is 0 Å². The smallest absolute Gasteiger partial charge is 0.236 e. The molecular weight excluding hydrogens is 252 g/mol. The van der Waals surface area contributed by atoms with Crippen LogP contribution in [0.2, 0.25) is 0 Å². The molecule has 5 heteroatoms. The molecule has 0 saturated carbocycles. The Morgan fingerprint density at radius 3 is 2.35 bits per heavy atom. The summed E-state index contributed by atoms with van der Waals surface area (Å²) < 4.78 is 0. The van der Waals surface area contributed by atoms with Crippen LogP contribution in [0.25, 0.3) is 0 Å². The summed E-state index contributed by atoms with van der Waals surface area (Å²) in [5.41, 5.74) is 5.88. The van der Waals surface area contributed by atoms with Gasteiger partial charge in [-0.2, -0.15) is 0 Å². The third-order valence-corrected chi connectivity index (χ3v) is 3.96. The van der Waals surface area contributed by atoms with E-state index < -0.39 is 0 Å². The maximum atomic E-state index is 12.4. The Morgan fingerprint density at radius 1 is 1.25 bits per heavy atom. The largest absolute Gasteiger partial charge is 0.339 e. The molecular formula is C15H32N4O. The zero-order valence-corrected chi connectivity index (χ0v) is 13.7. The summed E-state index contributed by atoms with van der Waals surface area (Å²) >= 11 is 0. The Hall–Kier alpha value is -0.650. The molecule has 0 bridgehead atoms. The Labute approximate surface area is 124 Å². The molecule has 1 aliphatic heterocycles. The molecule has 1 aliphatic rings. The number of hydrogen-bond acceptors (Lipinski definition) is 4. The number of carbonyl (C=O) groups is 1. The molecule has 20 heavy (non-hydrogen) atoms. The van der Waals surface area contributed by atoms with Crippen molar-refractivity contribution in [3.05, 3.63) is 0 Å². The number of nitrogens with two attached hydrogens (primary N) is 1. The lowest BCUT2D eigenvalue weighted by Gasteiger charge is -2.36. The van der Waals surface area contributed by atoms with Crippen molar-refractivity contribution in [1.29, 1.82) is 0 Å². The molecule has 0 aromatic heterocycles. The summed E-state index contributed by atoms with van der Waals surface area (Å²) in [7, 11) is 2.11. The van der Waals surface area contributed by atoms with Crippen molar-refractivity contribution in [3.8, 4) is 0 Å². The van der Waals surface area contributed by atoms with Crippen molar-refractivity contribution in [2.45, 2.75) is 27.2 Å². The average molecular weight is 284 g/mol. The van der Waals surface area contributed by atoms with E-state index in [2.05, 4.69) is 37.6 Å². The molecule has 0 atom stereocenters. The quantitative estimate of drug-likeness (QED) is 0.738. The van der Waals surface area contributed by atoms with E-state index in [0.717, 1.165) is 45.7 Å². The molecule has 5 nitrogen and oxygen atoms in total. The molecule has 0 radical (unpaired) electrons.